The van der Waals surface area contributed by atoms with E-state index in [0.717, 1.165) is 12.0 Å². The van der Waals surface area contributed by atoms with Gasteiger partial charge in [-0.15, -0.1) is 0 Å². The molecular formula is C19H29NO2. The van der Waals surface area contributed by atoms with E-state index in [-0.39, 0.29) is 12.5 Å². The number of hydrogen-bond donors (Lipinski definition) is 1. The minimum Gasteiger partial charge on any atom is -0.367 e. The van der Waals surface area contributed by atoms with Gasteiger partial charge in [0.2, 0.25) is 5.91 Å². The van der Waals surface area contributed by atoms with Crippen LogP contribution < -0.4 is 5.32 Å². The highest BCUT2D eigenvalue weighted by Gasteiger charge is 2.31. The quantitative estimate of drug-likeness (QED) is 0.868. The van der Waals surface area contributed by atoms with Crippen LogP contribution in [-0.4, -0.2) is 18.6 Å². The summed E-state index contributed by atoms with van der Waals surface area (Å²) in [5.41, 5.74) is 1.10. The zero-order valence-electron chi connectivity index (χ0n) is 14.0. The molecule has 1 aliphatic rings. The van der Waals surface area contributed by atoms with Crippen LogP contribution in [0.15, 0.2) is 30.3 Å². The molecule has 122 valence electrons. The van der Waals surface area contributed by atoms with Crippen LogP contribution in [0.2, 0.25) is 0 Å². The largest absolute Gasteiger partial charge is 0.367 e. The predicted octanol–water partition coefficient (Wildman–Crippen LogP) is 3.78. The first-order valence-corrected chi connectivity index (χ1v) is 8.47. The van der Waals surface area contributed by atoms with Crippen molar-refractivity contribution >= 4 is 5.91 Å². The van der Waals surface area contributed by atoms with Crippen LogP contribution >= 0.6 is 0 Å². The minimum absolute atomic E-state index is 0.0145. The van der Waals surface area contributed by atoms with Crippen LogP contribution in [0.5, 0.6) is 0 Å². The first kappa shape index (κ1) is 17.0. The molecule has 0 aromatic heterocycles. The number of amides is 1. The summed E-state index contributed by atoms with van der Waals surface area (Å²) in [5.74, 6) is 1.92. The summed E-state index contributed by atoms with van der Waals surface area (Å²) in [5, 5.41) is 3.20. The summed E-state index contributed by atoms with van der Waals surface area (Å²) in [6.07, 6.45) is 3.58. The van der Waals surface area contributed by atoms with E-state index in [9.17, 15) is 4.79 Å². The average molecular weight is 303 g/mol. The van der Waals surface area contributed by atoms with Gasteiger partial charge in [0.15, 0.2) is 0 Å². The number of benzene rings is 1. The highest BCUT2D eigenvalue weighted by molar-refractivity contribution is 5.77. The van der Waals surface area contributed by atoms with Gasteiger partial charge in [0.1, 0.15) is 6.61 Å². The Kier molecular flexibility index (Phi) is 6.44. The van der Waals surface area contributed by atoms with E-state index in [1.165, 1.54) is 12.8 Å². The molecule has 0 bridgehead atoms. The van der Waals surface area contributed by atoms with Crippen molar-refractivity contribution in [3.8, 4) is 0 Å². The second kappa shape index (κ2) is 8.33. The molecule has 22 heavy (non-hydrogen) atoms. The maximum Gasteiger partial charge on any atom is 0.246 e. The smallest absolute Gasteiger partial charge is 0.246 e. The zero-order chi connectivity index (χ0) is 15.9. The second-order valence-corrected chi connectivity index (χ2v) is 6.98. The molecule has 3 atom stereocenters. The molecular weight excluding hydrogens is 274 g/mol. The molecule has 1 aliphatic carbocycles. The lowest BCUT2D eigenvalue weighted by molar-refractivity contribution is -0.127. The van der Waals surface area contributed by atoms with Crippen LogP contribution in [0.1, 0.15) is 45.6 Å². The lowest BCUT2D eigenvalue weighted by Crippen LogP contribution is -2.46. The van der Waals surface area contributed by atoms with Crippen molar-refractivity contribution in [1.29, 1.82) is 0 Å². The molecule has 0 spiro atoms. The molecule has 0 heterocycles. The van der Waals surface area contributed by atoms with Gasteiger partial charge in [-0.05, 0) is 36.2 Å². The molecule has 1 amide bonds. The Morgan fingerprint density at radius 3 is 2.68 bits per heavy atom. The molecule has 1 N–H and O–H groups in total. The normalized spacial score (nSPS) is 25.2. The van der Waals surface area contributed by atoms with Crippen LogP contribution in [0.3, 0.4) is 0 Å². The third-order valence-electron chi connectivity index (χ3n) is 4.71. The molecule has 1 saturated carbocycles. The molecule has 3 nitrogen and oxygen atoms in total. The van der Waals surface area contributed by atoms with Crippen LogP contribution in [0, 0.1) is 17.8 Å². The number of rotatable bonds is 6. The fourth-order valence-corrected chi connectivity index (χ4v) is 3.45. The summed E-state index contributed by atoms with van der Waals surface area (Å²) >= 11 is 0. The van der Waals surface area contributed by atoms with E-state index in [4.69, 9.17) is 4.74 Å². The van der Waals surface area contributed by atoms with Crippen LogP contribution in [0.4, 0.5) is 0 Å². The van der Waals surface area contributed by atoms with Crippen molar-refractivity contribution < 1.29 is 9.53 Å². The fourth-order valence-electron chi connectivity index (χ4n) is 3.45. The topological polar surface area (TPSA) is 38.3 Å². The molecule has 3 heteroatoms. The molecule has 0 saturated heterocycles. The van der Waals surface area contributed by atoms with Gasteiger partial charge in [-0.1, -0.05) is 57.5 Å². The van der Waals surface area contributed by atoms with Crippen molar-refractivity contribution in [1.82, 2.24) is 5.32 Å². The van der Waals surface area contributed by atoms with E-state index < -0.39 is 0 Å². The van der Waals surface area contributed by atoms with Gasteiger partial charge >= 0.3 is 0 Å². The van der Waals surface area contributed by atoms with Gasteiger partial charge < -0.3 is 10.1 Å². The lowest BCUT2D eigenvalue weighted by Gasteiger charge is -2.37. The van der Waals surface area contributed by atoms with Gasteiger partial charge in [0.05, 0.1) is 6.61 Å². The van der Waals surface area contributed by atoms with E-state index in [2.05, 4.69) is 26.1 Å². The second-order valence-electron chi connectivity index (χ2n) is 6.98. The van der Waals surface area contributed by atoms with Crippen LogP contribution in [-0.2, 0) is 16.1 Å². The summed E-state index contributed by atoms with van der Waals surface area (Å²) < 4.78 is 5.53. The number of nitrogens with one attached hydrogen (secondary N) is 1. The summed E-state index contributed by atoms with van der Waals surface area (Å²) in [4.78, 5) is 12.1. The Bertz CT molecular complexity index is 458. The molecule has 0 aliphatic heterocycles. The van der Waals surface area contributed by atoms with Crippen molar-refractivity contribution in [3.05, 3.63) is 35.9 Å². The molecule has 0 radical (unpaired) electrons. The van der Waals surface area contributed by atoms with E-state index in [1.807, 2.05) is 30.3 Å². The summed E-state index contributed by atoms with van der Waals surface area (Å²) in [6, 6.07) is 10.3. The zero-order valence-corrected chi connectivity index (χ0v) is 14.0. The lowest BCUT2D eigenvalue weighted by atomic mass is 9.74. The first-order chi connectivity index (χ1) is 10.6. The molecule has 1 aromatic rings. The minimum atomic E-state index is 0.0145. The number of carbonyl (C=O) groups is 1. The summed E-state index contributed by atoms with van der Waals surface area (Å²) in [6.45, 7) is 7.42. The monoisotopic (exact) mass is 303 g/mol. The Hall–Kier alpha value is -1.35. The Morgan fingerprint density at radius 2 is 2.00 bits per heavy atom. The Labute approximate surface area is 134 Å². The number of ether oxygens (including phenoxy) is 1. The molecule has 3 unspecified atom stereocenters. The Morgan fingerprint density at radius 1 is 1.27 bits per heavy atom. The van der Waals surface area contributed by atoms with Crippen molar-refractivity contribution in [3.63, 3.8) is 0 Å². The standard InChI is InChI=1S/C19H29NO2/c1-14(2)17-10-9-15(3)11-18(17)20-19(21)13-22-12-16-7-5-4-6-8-16/h4-8,14-15,17-18H,9-13H2,1-3H3,(H,20,21). The predicted molar refractivity (Wildman–Crippen MR) is 89.4 cm³/mol. The third kappa shape index (κ3) is 5.13. The fraction of sp³-hybridized carbons (Fsp3) is 0.632. The van der Waals surface area contributed by atoms with Crippen LogP contribution in [0.25, 0.3) is 0 Å². The van der Waals surface area contributed by atoms with Gasteiger partial charge in [0.25, 0.3) is 0 Å². The third-order valence-corrected chi connectivity index (χ3v) is 4.71. The van der Waals surface area contributed by atoms with Gasteiger partial charge in [-0.25, -0.2) is 0 Å². The number of hydrogen-bond acceptors (Lipinski definition) is 2. The highest BCUT2D eigenvalue weighted by Crippen LogP contribution is 2.33. The maximum atomic E-state index is 12.1. The van der Waals surface area contributed by atoms with E-state index in [0.29, 0.717) is 30.4 Å². The molecule has 2 rings (SSSR count). The highest BCUT2D eigenvalue weighted by atomic mass is 16.5. The van der Waals surface area contributed by atoms with Gasteiger partial charge in [-0.3, -0.25) is 4.79 Å². The van der Waals surface area contributed by atoms with E-state index in [1.54, 1.807) is 0 Å². The molecule has 1 aromatic carbocycles. The average Bonchev–Trinajstić information content (AvgIpc) is 2.48. The first-order valence-electron chi connectivity index (χ1n) is 8.47. The SMILES string of the molecule is CC1CCC(C(C)C)C(NC(=O)COCc2ccccc2)C1. The van der Waals surface area contributed by atoms with Gasteiger partial charge in [0, 0.05) is 6.04 Å². The van der Waals surface area contributed by atoms with Crippen molar-refractivity contribution in [2.24, 2.45) is 17.8 Å². The van der Waals surface area contributed by atoms with Crippen molar-refractivity contribution in [2.75, 3.05) is 6.61 Å². The maximum absolute atomic E-state index is 12.1. The summed E-state index contributed by atoms with van der Waals surface area (Å²) in [7, 11) is 0. The Balaban J connectivity index is 1.77. The number of carbonyl (C=O) groups excluding carboxylic acids is 1. The van der Waals surface area contributed by atoms with Gasteiger partial charge in [-0.2, -0.15) is 0 Å². The van der Waals surface area contributed by atoms with E-state index >= 15 is 0 Å². The molecule has 1 fully saturated rings. The van der Waals surface area contributed by atoms with Crippen molar-refractivity contribution in [2.45, 2.75) is 52.7 Å².